The lowest BCUT2D eigenvalue weighted by atomic mass is 9.99. The van der Waals surface area contributed by atoms with Gasteiger partial charge >= 0.3 is 12.4 Å². The highest BCUT2D eigenvalue weighted by atomic mass is 32.2. The lowest BCUT2D eigenvalue weighted by Crippen LogP contribution is -2.31. The van der Waals surface area contributed by atoms with Gasteiger partial charge in [-0.25, -0.2) is 19.4 Å². The van der Waals surface area contributed by atoms with E-state index in [-0.39, 0.29) is 29.1 Å². The Morgan fingerprint density at radius 3 is 2.55 bits per heavy atom. The van der Waals surface area contributed by atoms with Crippen LogP contribution in [0.3, 0.4) is 0 Å². The highest BCUT2D eigenvalue weighted by molar-refractivity contribution is 8.15. The van der Waals surface area contributed by atoms with E-state index in [1.54, 1.807) is 24.3 Å². The molecule has 3 amide bonds. The van der Waals surface area contributed by atoms with Crippen molar-refractivity contribution in [1.29, 1.82) is 0 Å². The molecule has 0 spiro atoms. The molecule has 2 aromatic heterocycles. The first-order valence-corrected chi connectivity index (χ1v) is 14.3. The SMILES string of the molecule is Cc1ccc(C(C)C)c(N2C(=O)CS/C2=N\C(=O)Nc2ccc(/C=C/c3ncn(-c4ccc(OC(F)(F)F)cc4)n3)cn2)c1. The van der Waals surface area contributed by atoms with E-state index in [4.69, 9.17) is 0 Å². The Hall–Kier alpha value is -4.98. The molecule has 2 aromatic carbocycles. The Labute approximate surface area is 254 Å². The number of nitrogens with one attached hydrogen (secondary N) is 1. The lowest BCUT2D eigenvalue weighted by Gasteiger charge is -2.22. The van der Waals surface area contributed by atoms with Gasteiger partial charge in [-0.1, -0.05) is 37.7 Å². The van der Waals surface area contributed by atoms with Crippen LogP contribution < -0.4 is 15.0 Å². The zero-order valence-electron chi connectivity index (χ0n) is 23.7. The van der Waals surface area contributed by atoms with Crippen molar-refractivity contribution in [2.75, 3.05) is 16.0 Å². The van der Waals surface area contributed by atoms with Gasteiger partial charge in [-0.2, -0.15) is 4.99 Å². The number of pyridine rings is 1. The van der Waals surface area contributed by atoms with Crippen LogP contribution in [0.15, 0.2) is 72.1 Å². The second-order valence-corrected chi connectivity index (χ2v) is 10.9. The third kappa shape index (κ3) is 7.50. The van der Waals surface area contributed by atoms with Crippen LogP contribution in [-0.4, -0.2) is 49.0 Å². The Morgan fingerprint density at radius 2 is 1.86 bits per heavy atom. The molecule has 3 heterocycles. The highest BCUT2D eigenvalue weighted by Crippen LogP contribution is 2.34. The first kappa shape index (κ1) is 30.5. The van der Waals surface area contributed by atoms with Crippen LogP contribution in [0.2, 0.25) is 0 Å². The van der Waals surface area contributed by atoms with Crippen LogP contribution in [0, 0.1) is 6.92 Å². The van der Waals surface area contributed by atoms with Gasteiger partial charge in [-0.15, -0.1) is 18.3 Å². The molecule has 1 fully saturated rings. The van der Waals surface area contributed by atoms with Crippen LogP contribution in [0.1, 0.15) is 42.3 Å². The summed E-state index contributed by atoms with van der Waals surface area (Å²) in [5, 5.41) is 7.23. The van der Waals surface area contributed by atoms with Gasteiger partial charge in [0.05, 0.1) is 17.1 Å². The molecule has 4 aromatic rings. The van der Waals surface area contributed by atoms with Crippen molar-refractivity contribution in [3.63, 3.8) is 0 Å². The monoisotopic (exact) mass is 621 g/mol. The Morgan fingerprint density at radius 1 is 1.09 bits per heavy atom. The molecule has 0 saturated carbocycles. The number of aliphatic imine (C=N–C) groups is 1. The van der Waals surface area contributed by atoms with E-state index in [1.807, 2.05) is 39.0 Å². The largest absolute Gasteiger partial charge is 0.573 e. The minimum atomic E-state index is -4.77. The number of hydrogen-bond acceptors (Lipinski definition) is 7. The van der Waals surface area contributed by atoms with Gasteiger partial charge in [0.15, 0.2) is 11.0 Å². The van der Waals surface area contributed by atoms with Gasteiger partial charge in [0.2, 0.25) is 5.91 Å². The first-order chi connectivity index (χ1) is 20.9. The fourth-order valence-corrected chi connectivity index (χ4v) is 5.13. The van der Waals surface area contributed by atoms with Crippen LogP contribution in [0.5, 0.6) is 5.75 Å². The number of amidine groups is 1. The number of benzene rings is 2. The topological polar surface area (TPSA) is 115 Å². The molecule has 10 nitrogen and oxygen atoms in total. The summed E-state index contributed by atoms with van der Waals surface area (Å²) in [6, 6.07) is 13.8. The van der Waals surface area contributed by atoms with Crippen molar-refractivity contribution in [3.8, 4) is 11.4 Å². The molecule has 1 aliphatic rings. The quantitative estimate of drug-likeness (QED) is 0.241. The van der Waals surface area contributed by atoms with Gasteiger partial charge in [0.25, 0.3) is 0 Å². The second kappa shape index (κ2) is 12.7. The fourth-order valence-electron chi connectivity index (χ4n) is 4.27. The average molecular weight is 622 g/mol. The Kier molecular flexibility index (Phi) is 8.81. The number of carbonyl (C=O) groups is 2. The number of rotatable bonds is 7. The number of anilines is 2. The summed E-state index contributed by atoms with van der Waals surface area (Å²) in [7, 11) is 0. The summed E-state index contributed by atoms with van der Waals surface area (Å²) in [5.74, 6) is 0.513. The molecule has 226 valence electrons. The molecule has 44 heavy (non-hydrogen) atoms. The van der Waals surface area contributed by atoms with E-state index in [2.05, 4.69) is 30.1 Å². The molecular formula is C30H26F3N7O3S. The normalized spacial score (nSPS) is 14.7. The number of alkyl halides is 3. The highest BCUT2D eigenvalue weighted by Gasteiger charge is 2.33. The first-order valence-electron chi connectivity index (χ1n) is 13.3. The van der Waals surface area contributed by atoms with Crippen molar-refractivity contribution in [3.05, 3.63) is 89.6 Å². The molecule has 1 aliphatic heterocycles. The summed E-state index contributed by atoms with van der Waals surface area (Å²) < 4.78 is 42.4. The van der Waals surface area contributed by atoms with Crippen LogP contribution in [0.25, 0.3) is 17.8 Å². The number of thioether (sulfide) groups is 1. The molecule has 0 bridgehead atoms. The van der Waals surface area contributed by atoms with Gasteiger partial charge in [0.1, 0.15) is 17.9 Å². The zero-order valence-corrected chi connectivity index (χ0v) is 24.6. The predicted molar refractivity (Wildman–Crippen MR) is 163 cm³/mol. The van der Waals surface area contributed by atoms with Gasteiger partial charge in [-0.05, 0) is 84.1 Å². The number of amides is 3. The maximum Gasteiger partial charge on any atom is 0.573 e. The van der Waals surface area contributed by atoms with Crippen molar-refractivity contribution in [1.82, 2.24) is 19.7 Å². The Bertz CT molecular complexity index is 1730. The number of urea groups is 1. The number of ether oxygens (including phenoxy) is 1. The van der Waals surface area contributed by atoms with Crippen molar-refractivity contribution in [2.45, 2.75) is 33.1 Å². The van der Waals surface area contributed by atoms with E-state index < -0.39 is 12.4 Å². The summed E-state index contributed by atoms with van der Waals surface area (Å²) >= 11 is 1.20. The number of aromatic nitrogens is 4. The van der Waals surface area contributed by atoms with E-state index >= 15 is 0 Å². The van der Waals surface area contributed by atoms with Crippen molar-refractivity contribution < 1.29 is 27.5 Å². The van der Waals surface area contributed by atoms with Gasteiger partial charge < -0.3 is 4.74 Å². The predicted octanol–water partition coefficient (Wildman–Crippen LogP) is 6.83. The zero-order chi connectivity index (χ0) is 31.4. The maximum atomic E-state index is 12.8. The number of nitrogens with zero attached hydrogens (tertiary/aromatic N) is 6. The Balaban J connectivity index is 1.22. The smallest absolute Gasteiger partial charge is 0.406 e. The van der Waals surface area contributed by atoms with E-state index in [1.165, 1.54) is 58.1 Å². The standard InChI is InChI=1S/C30H26F3N7O3S/c1-18(2)23-11-4-19(3)14-24(23)40-27(41)16-44-29(40)37-28(42)36-25-12-5-20(15-34-25)6-13-26-35-17-39(38-26)21-7-9-22(10-8-21)43-30(31,32)33/h4-15,17-18H,16H2,1-3H3,(H,34,36,42)/b13-6+,37-29-. The van der Waals surface area contributed by atoms with E-state index in [0.717, 1.165) is 16.8 Å². The number of hydrogen-bond donors (Lipinski definition) is 1. The molecule has 14 heteroatoms. The molecule has 1 saturated heterocycles. The number of aryl methyl sites for hydroxylation is 1. The van der Waals surface area contributed by atoms with E-state index in [0.29, 0.717) is 22.2 Å². The summed E-state index contributed by atoms with van der Waals surface area (Å²) in [6.45, 7) is 6.03. The molecule has 0 aliphatic carbocycles. The minimum absolute atomic E-state index is 0.143. The lowest BCUT2D eigenvalue weighted by molar-refractivity contribution is -0.274. The van der Waals surface area contributed by atoms with Crippen LogP contribution in [0.4, 0.5) is 29.5 Å². The molecular weight excluding hydrogens is 595 g/mol. The summed E-state index contributed by atoms with van der Waals surface area (Å²) in [5.41, 5.74) is 3.90. The molecule has 0 radical (unpaired) electrons. The second-order valence-electron chi connectivity index (χ2n) is 9.96. The molecule has 0 unspecified atom stereocenters. The van der Waals surface area contributed by atoms with Gasteiger partial charge in [0, 0.05) is 6.20 Å². The fraction of sp³-hybridized carbons (Fsp3) is 0.200. The molecule has 5 rings (SSSR count). The maximum absolute atomic E-state index is 12.8. The summed E-state index contributed by atoms with van der Waals surface area (Å²) in [6.07, 6.45) is 1.55. The van der Waals surface area contributed by atoms with Crippen LogP contribution >= 0.6 is 11.8 Å². The van der Waals surface area contributed by atoms with E-state index in [9.17, 15) is 22.8 Å². The average Bonchev–Trinajstić information content (AvgIpc) is 3.58. The van der Waals surface area contributed by atoms with Crippen LogP contribution in [-0.2, 0) is 4.79 Å². The third-order valence-corrected chi connectivity index (χ3v) is 7.23. The van der Waals surface area contributed by atoms with Gasteiger partial charge in [-0.3, -0.25) is 15.0 Å². The van der Waals surface area contributed by atoms with Crippen molar-refractivity contribution in [2.24, 2.45) is 4.99 Å². The molecule has 1 N–H and O–H groups in total. The summed E-state index contributed by atoms with van der Waals surface area (Å²) in [4.78, 5) is 39.6. The molecule has 0 atom stereocenters. The third-order valence-electron chi connectivity index (χ3n) is 6.30. The van der Waals surface area contributed by atoms with Crippen molar-refractivity contribution >= 4 is 52.5 Å². The minimum Gasteiger partial charge on any atom is -0.406 e. The number of halogens is 3. The number of carbonyl (C=O) groups excluding carboxylic acids is 2.